The average Bonchev–Trinajstić information content (AvgIpc) is 3.25. The van der Waals surface area contributed by atoms with Crippen molar-refractivity contribution in [3.8, 4) is 0 Å². The topological polar surface area (TPSA) is 62.6 Å². The van der Waals surface area contributed by atoms with E-state index in [1.165, 1.54) is 0 Å². The second-order valence-corrected chi connectivity index (χ2v) is 6.82. The fourth-order valence-electron chi connectivity index (χ4n) is 3.39. The monoisotopic (exact) mass is 335 g/mol. The van der Waals surface area contributed by atoms with Crippen LogP contribution < -0.4 is 5.32 Å². The lowest BCUT2D eigenvalue weighted by atomic mass is 10.2. The van der Waals surface area contributed by atoms with Gasteiger partial charge in [-0.2, -0.15) is 0 Å². The molecule has 0 spiro atoms. The molecule has 7 nitrogen and oxygen atoms in total. The predicted octanol–water partition coefficient (Wildman–Crippen LogP) is 0.221. The molecule has 2 unspecified atom stereocenters. The molecule has 2 aliphatic heterocycles. The Morgan fingerprint density at radius 2 is 2.21 bits per heavy atom. The van der Waals surface area contributed by atoms with E-state index in [9.17, 15) is 4.79 Å². The van der Waals surface area contributed by atoms with E-state index < -0.39 is 0 Å². The summed E-state index contributed by atoms with van der Waals surface area (Å²) < 4.78 is 7.62. The van der Waals surface area contributed by atoms with E-state index in [1.54, 1.807) is 0 Å². The maximum Gasteiger partial charge on any atom is 0.237 e. The van der Waals surface area contributed by atoms with Crippen molar-refractivity contribution in [1.82, 2.24) is 24.7 Å². The quantitative estimate of drug-likeness (QED) is 0.806. The number of carbonyl (C=O) groups is 1. The first kappa shape index (κ1) is 17.4. The molecule has 2 aliphatic rings. The number of rotatable bonds is 6. The zero-order chi connectivity index (χ0) is 16.9. The summed E-state index contributed by atoms with van der Waals surface area (Å²) in [6.07, 6.45) is 6.18. The van der Waals surface area contributed by atoms with Gasteiger partial charge in [0.25, 0.3) is 0 Å². The third-order valence-corrected chi connectivity index (χ3v) is 5.15. The van der Waals surface area contributed by atoms with E-state index >= 15 is 0 Å². The first-order valence-corrected chi connectivity index (χ1v) is 8.95. The van der Waals surface area contributed by atoms with Crippen LogP contribution in [0.4, 0.5) is 0 Å². The summed E-state index contributed by atoms with van der Waals surface area (Å²) in [4.78, 5) is 21.4. The van der Waals surface area contributed by atoms with E-state index in [0.29, 0.717) is 6.54 Å². The summed E-state index contributed by atoms with van der Waals surface area (Å²) >= 11 is 0. The average molecular weight is 335 g/mol. The molecule has 7 heteroatoms. The molecule has 0 aliphatic carbocycles. The highest BCUT2D eigenvalue weighted by atomic mass is 16.5. The van der Waals surface area contributed by atoms with Gasteiger partial charge in [-0.15, -0.1) is 0 Å². The second kappa shape index (κ2) is 8.09. The van der Waals surface area contributed by atoms with Crippen molar-refractivity contribution in [2.24, 2.45) is 7.05 Å². The lowest BCUT2D eigenvalue weighted by Crippen LogP contribution is -2.54. The Hall–Kier alpha value is -1.44. The summed E-state index contributed by atoms with van der Waals surface area (Å²) in [6, 6.07) is -0.0817. The third-order valence-electron chi connectivity index (χ3n) is 5.15. The summed E-state index contributed by atoms with van der Waals surface area (Å²) in [5.74, 6) is 1.20. The molecule has 2 atom stereocenters. The summed E-state index contributed by atoms with van der Waals surface area (Å²) in [5.41, 5.74) is 0. The molecule has 0 aromatic carbocycles. The van der Waals surface area contributed by atoms with Crippen LogP contribution in [0.1, 0.15) is 25.6 Å². The SMILES string of the molecule is CC(C(=O)NCC1CCCO1)N1CCN(Cc2nccn2C)CC1. The van der Waals surface area contributed by atoms with Crippen molar-refractivity contribution in [2.45, 2.75) is 38.5 Å². The number of aryl methyl sites for hydroxylation is 1. The first-order valence-electron chi connectivity index (χ1n) is 8.95. The highest BCUT2D eigenvalue weighted by Crippen LogP contribution is 2.12. The second-order valence-electron chi connectivity index (χ2n) is 6.82. The standard InChI is InChI=1S/C17H29N5O2/c1-14(17(23)19-12-15-4-3-11-24-15)22-9-7-21(8-10-22)13-16-18-5-6-20(16)2/h5-6,14-15H,3-4,7-13H2,1-2H3,(H,19,23). The van der Waals surface area contributed by atoms with Gasteiger partial charge in [-0.3, -0.25) is 14.6 Å². The largest absolute Gasteiger partial charge is 0.376 e. The van der Waals surface area contributed by atoms with Crippen molar-refractivity contribution in [3.05, 3.63) is 18.2 Å². The van der Waals surface area contributed by atoms with Gasteiger partial charge in [0.15, 0.2) is 0 Å². The van der Waals surface area contributed by atoms with Crippen LogP contribution in [0.5, 0.6) is 0 Å². The summed E-state index contributed by atoms with van der Waals surface area (Å²) in [5, 5.41) is 3.04. The molecule has 3 heterocycles. The Morgan fingerprint density at radius 1 is 1.42 bits per heavy atom. The zero-order valence-electron chi connectivity index (χ0n) is 14.8. The molecule has 1 aromatic heterocycles. The predicted molar refractivity (Wildman–Crippen MR) is 91.5 cm³/mol. The lowest BCUT2D eigenvalue weighted by molar-refractivity contribution is -0.127. The van der Waals surface area contributed by atoms with E-state index in [2.05, 4.69) is 24.7 Å². The van der Waals surface area contributed by atoms with Gasteiger partial charge in [0.1, 0.15) is 5.82 Å². The maximum absolute atomic E-state index is 12.3. The van der Waals surface area contributed by atoms with E-state index in [0.717, 1.165) is 58.0 Å². The van der Waals surface area contributed by atoms with Crippen LogP contribution in [-0.4, -0.2) is 76.7 Å². The minimum absolute atomic E-state index is 0.0817. The number of imidazole rings is 1. The van der Waals surface area contributed by atoms with Crippen LogP contribution in [0, 0.1) is 0 Å². The molecule has 1 aromatic rings. The first-order chi connectivity index (χ1) is 11.6. The molecule has 0 bridgehead atoms. The molecule has 2 fully saturated rings. The number of hydrogen-bond acceptors (Lipinski definition) is 5. The number of nitrogens with one attached hydrogen (secondary N) is 1. The van der Waals surface area contributed by atoms with Crippen LogP contribution in [0.3, 0.4) is 0 Å². The van der Waals surface area contributed by atoms with Crippen LogP contribution in [-0.2, 0) is 23.1 Å². The number of piperazine rings is 1. The number of aromatic nitrogens is 2. The number of hydrogen-bond donors (Lipinski definition) is 1. The fourth-order valence-corrected chi connectivity index (χ4v) is 3.39. The van der Waals surface area contributed by atoms with Gasteiger partial charge in [-0.1, -0.05) is 0 Å². The van der Waals surface area contributed by atoms with Crippen molar-refractivity contribution in [2.75, 3.05) is 39.3 Å². The van der Waals surface area contributed by atoms with Gasteiger partial charge in [-0.25, -0.2) is 4.98 Å². The lowest BCUT2D eigenvalue weighted by Gasteiger charge is -2.37. The van der Waals surface area contributed by atoms with Crippen molar-refractivity contribution < 1.29 is 9.53 Å². The van der Waals surface area contributed by atoms with Crippen molar-refractivity contribution in [3.63, 3.8) is 0 Å². The summed E-state index contributed by atoms with van der Waals surface area (Å²) in [7, 11) is 2.03. The molecular weight excluding hydrogens is 306 g/mol. The number of amides is 1. The van der Waals surface area contributed by atoms with Gasteiger partial charge < -0.3 is 14.6 Å². The number of carbonyl (C=O) groups excluding carboxylic acids is 1. The molecule has 2 saturated heterocycles. The third kappa shape index (κ3) is 4.34. The Labute approximate surface area is 144 Å². The molecule has 24 heavy (non-hydrogen) atoms. The molecule has 134 valence electrons. The van der Waals surface area contributed by atoms with Gasteiger partial charge >= 0.3 is 0 Å². The summed E-state index contributed by atoms with van der Waals surface area (Å²) in [6.45, 7) is 8.11. The normalized spacial score (nSPS) is 24.2. The van der Waals surface area contributed by atoms with Crippen molar-refractivity contribution >= 4 is 5.91 Å². The molecule has 1 N–H and O–H groups in total. The Kier molecular flexibility index (Phi) is 5.86. The molecule has 0 saturated carbocycles. The molecule has 1 amide bonds. The van der Waals surface area contributed by atoms with E-state index in [1.807, 2.05) is 26.4 Å². The van der Waals surface area contributed by atoms with Gasteiger partial charge in [-0.05, 0) is 19.8 Å². The van der Waals surface area contributed by atoms with Crippen LogP contribution in [0.2, 0.25) is 0 Å². The maximum atomic E-state index is 12.3. The van der Waals surface area contributed by atoms with Gasteiger partial charge in [0.2, 0.25) is 5.91 Å². The zero-order valence-corrected chi connectivity index (χ0v) is 14.8. The number of ether oxygens (including phenoxy) is 1. The fraction of sp³-hybridized carbons (Fsp3) is 0.765. The van der Waals surface area contributed by atoms with Crippen LogP contribution in [0.25, 0.3) is 0 Å². The molecule has 3 rings (SSSR count). The smallest absolute Gasteiger partial charge is 0.237 e. The van der Waals surface area contributed by atoms with E-state index in [-0.39, 0.29) is 18.1 Å². The van der Waals surface area contributed by atoms with Gasteiger partial charge in [0.05, 0.1) is 18.7 Å². The highest BCUT2D eigenvalue weighted by molar-refractivity contribution is 5.81. The van der Waals surface area contributed by atoms with Crippen molar-refractivity contribution in [1.29, 1.82) is 0 Å². The minimum atomic E-state index is -0.0817. The Bertz CT molecular complexity index is 533. The van der Waals surface area contributed by atoms with E-state index in [4.69, 9.17) is 4.74 Å². The van der Waals surface area contributed by atoms with Crippen LogP contribution in [0.15, 0.2) is 12.4 Å². The molecular formula is C17H29N5O2. The number of nitrogens with zero attached hydrogens (tertiary/aromatic N) is 4. The van der Waals surface area contributed by atoms with Gasteiger partial charge in [0, 0.05) is 58.8 Å². The minimum Gasteiger partial charge on any atom is -0.376 e. The molecule has 0 radical (unpaired) electrons. The Morgan fingerprint density at radius 3 is 2.83 bits per heavy atom. The Balaban J connectivity index is 1.40. The highest BCUT2D eigenvalue weighted by Gasteiger charge is 2.26. The van der Waals surface area contributed by atoms with Crippen LogP contribution >= 0.6 is 0 Å².